The zero-order valence-electron chi connectivity index (χ0n) is 13.0. The SMILES string of the molecule is CCc1nnc(NC2(C)CCOCC2)c(C(N)=S)c1CC. The number of ether oxygens (including phenoxy) is 1. The maximum atomic E-state index is 5.96. The van der Waals surface area contributed by atoms with Crippen LogP contribution in [-0.2, 0) is 17.6 Å². The van der Waals surface area contributed by atoms with Crippen LogP contribution >= 0.6 is 12.2 Å². The predicted molar refractivity (Wildman–Crippen MR) is 88.8 cm³/mol. The molecule has 116 valence electrons. The second kappa shape index (κ2) is 6.66. The van der Waals surface area contributed by atoms with Crippen molar-refractivity contribution in [2.24, 2.45) is 5.73 Å². The number of aromatic nitrogens is 2. The fourth-order valence-corrected chi connectivity index (χ4v) is 2.98. The van der Waals surface area contributed by atoms with Crippen LogP contribution in [0.25, 0.3) is 0 Å². The summed E-state index contributed by atoms with van der Waals surface area (Å²) in [5, 5.41) is 12.2. The number of hydrogen-bond acceptors (Lipinski definition) is 5. The number of aryl methyl sites for hydroxylation is 1. The van der Waals surface area contributed by atoms with Gasteiger partial charge in [-0.05, 0) is 38.2 Å². The largest absolute Gasteiger partial charge is 0.389 e. The number of nitrogens with zero attached hydrogens (tertiary/aromatic N) is 2. The molecule has 2 rings (SSSR count). The second-order valence-electron chi connectivity index (χ2n) is 5.72. The molecule has 1 aromatic rings. The van der Waals surface area contributed by atoms with E-state index < -0.39 is 0 Å². The minimum atomic E-state index is -0.0504. The predicted octanol–water partition coefficient (Wildman–Crippen LogP) is 2.22. The van der Waals surface area contributed by atoms with Gasteiger partial charge in [0.05, 0.1) is 11.3 Å². The highest BCUT2D eigenvalue weighted by Crippen LogP contribution is 2.28. The summed E-state index contributed by atoms with van der Waals surface area (Å²) in [6.07, 6.45) is 3.54. The van der Waals surface area contributed by atoms with Gasteiger partial charge in [0.25, 0.3) is 0 Å². The van der Waals surface area contributed by atoms with Gasteiger partial charge in [0, 0.05) is 18.8 Å². The molecule has 0 amide bonds. The van der Waals surface area contributed by atoms with Crippen LogP contribution in [0.15, 0.2) is 0 Å². The van der Waals surface area contributed by atoms with Crippen molar-refractivity contribution < 1.29 is 4.74 Å². The Morgan fingerprint density at radius 1 is 1.29 bits per heavy atom. The molecule has 0 bridgehead atoms. The van der Waals surface area contributed by atoms with E-state index in [4.69, 9.17) is 22.7 Å². The molecule has 0 saturated carbocycles. The van der Waals surface area contributed by atoms with E-state index >= 15 is 0 Å². The fourth-order valence-electron chi connectivity index (χ4n) is 2.76. The highest BCUT2D eigenvalue weighted by Gasteiger charge is 2.29. The Morgan fingerprint density at radius 2 is 1.95 bits per heavy atom. The van der Waals surface area contributed by atoms with Crippen LogP contribution in [0.5, 0.6) is 0 Å². The molecule has 2 heterocycles. The van der Waals surface area contributed by atoms with Crippen molar-refractivity contribution in [2.45, 2.75) is 52.0 Å². The average Bonchev–Trinajstić information content (AvgIpc) is 2.46. The van der Waals surface area contributed by atoms with Crippen LogP contribution in [0.1, 0.15) is 50.4 Å². The monoisotopic (exact) mass is 308 g/mol. The zero-order chi connectivity index (χ0) is 15.5. The number of anilines is 1. The average molecular weight is 308 g/mol. The third-order valence-electron chi connectivity index (χ3n) is 4.11. The van der Waals surface area contributed by atoms with E-state index in [9.17, 15) is 0 Å². The maximum Gasteiger partial charge on any atom is 0.159 e. The topological polar surface area (TPSA) is 73.1 Å². The molecule has 5 nitrogen and oxygen atoms in total. The Hall–Kier alpha value is -1.27. The first kappa shape index (κ1) is 16.1. The first-order valence-corrected chi connectivity index (χ1v) is 7.95. The molecule has 0 aliphatic carbocycles. The summed E-state index contributed by atoms with van der Waals surface area (Å²) in [6.45, 7) is 7.86. The number of nitrogens with two attached hydrogens (primary N) is 1. The summed E-state index contributed by atoms with van der Waals surface area (Å²) in [5.74, 6) is 0.709. The van der Waals surface area contributed by atoms with Crippen molar-refractivity contribution in [3.8, 4) is 0 Å². The Balaban J connectivity index is 2.41. The van der Waals surface area contributed by atoms with Crippen LogP contribution in [0.3, 0.4) is 0 Å². The van der Waals surface area contributed by atoms with Gasteiger partial charge < -0.3 is 15.8 Å². The van der Waals surface area contributed by atoms with Crippen molar-refractivity contribution in [3.63, 3.8) is 0 Å². The third kappa shape index (κ3) is 3.49. The van der Waals surface area contributed by atoms with Crippen molar-refractivity contribution in [3.05, 3.63) is 16.8 Å². The number of hydrogen-bond donors (Lipinski definition) is 2. The van der Waals surface area contributed by atoms with E-state index in [1.165, 1.54) is 0 Å². The molecule has 1 fully saturated rings. The highest BCUT2D eigenvalue weighted by molar-refractivity contribution is 7.80. The van der Waals surface area contributed by atoms with Gasteiger partial charge in [-0.25, -0.2) is 0 Å². The lowest BCUT2D eigenvalue weighted by Gasteiger charge is -2.35. The van der Waals surface area contributed by atoms with Gasteiger partial charge in [-0.3, -0.25) is 0 Å². The Labute approximate surface area is 131 Å². The minimum absolute atomic E-state index is 0.0504. The van der Waals surface area contributed by atoms with Crippen LogP contribution in [0.2, 0.25) is 0 Å². The van der Waals surface area contributed by atoms with E-state index in [0.717, 1.165) is 55.7 Å². The lowest BCUT2D eigenvalue weighted by Crippen LogP contribution is -2.41. The second-order valence-corrected chi connectivity index (χ2v) is 6.16. The van der Waals surface area contributed by atoms with Crippen LogP contribution in [-0.4, -0.2) is 33.9 Å². The molecular formula is C15H24N4OS. The van der Waals surface area contributed by atoms with E-state index in [0.29, 0.717) is 10.8 Å². The van der Waals surface area contributed by atoms with Gasteiger partial charge >= 0.3 is 0 Å². The van der Waals surface area contributed by atoms with Crippen molar-refractivity contribution >= 4 is 23.0 Å². The minimum Gasteiger partial charge on any atom is -0.389 e. The number of nitrogens with one attached hydrogen (secondary N) is 1. The molecule has 1 aromatic heterocycles. The Morgan fingerprint density at radius 3 is 2.48 bits per heavy atom. The van der Waals surface area contributed by atoms with E-state index in [2.05, 4.69) is 36.3 Å². The maximum absolute atomic E-state index is 5.96. The molecule has 1 aliphatic heterocycles. The van der Waals surface area contributed by atoms with Crippen LogP contribution in [0, 0.1) is 0 Å². The van der Waals surface area contributed by atoms with Crippen LogP contribution < -0.4 is 11.1 Å². The van der Waals surface area contributed by atoms with E-state index in [-0.39, 0.29) is 5.54 Å². The summed E-state index contributed by atoms with van der Waals surface area (Å²) in [6, 6.07) is 0. The Bertz CT molecular complexity index is 527. The molecule has 21 heavy (non-hydrogen) atoms. The van der Waals surface area contributed by atoms with Crippen molar-refractivity contribution in [2.75, 3.05) is 18.5 Å². The lowest BCUT2D eigenvalue weighted by atomic mass is 9.92. The quantitative estimate of drug-likeness (QED) is 0.813. The van der Waals surface area contributed by atoms with E-state index in [1.807, 2.05) is 0 Å². The summed E-state index contributed by atoms with van der Waals surface area (Å²) < 4.78 is 5.44. The molecule has 6 heteroatoms. The molecule has 1 aliphatic rings. The molecule has 3 N–H and O–H groups in total. The third-order valence-corrected chi connectivity index (χ3v) is 4.31. The first-order chi connectivity index (χ1) is 10.0. The smallest absolute Gasteiger partial charge is 0.159 e. The molecule has 0 spiro atoms. The number of thiocarbonyl (C=S) groups is 1. The first-order valence-electron chi connectivity index (χ1n) is 7.55. The standard InChI is InChI=1S/C15H24N4OS/c1-4-10-11(5-2)18-19-14(12(10)13(16)21)17-15(3)6-8-20-9-7-15/h4-9H2,1-3H3,(H2,16,21)(H,17,19). The van der Waals surface area contributed by atoms with Gasteiger partial charge in [-0.1, -0.05) is 26.1 Å². The summed E-state index contributed by atoms with van der Waals surface area (Å²) in [5.41, 5.74) is 8.85. The fraction of sp³-hybridized carbons (Fsp3) is 0.667. The number of rotatable bonds is 5. The van der Waals surface area contributed by atoms with Gasteiger partial charge in [0.15, 0.2) is 5.82 Å². The molecule has 0 unspecified atom stereocenters. The Kier molecular flexibility index (Phi) is 5.11. The van der Waals surface area contributed by atoms with Gasteiger partial charge in [-0.15, -0.1) is 5.10 Å². The lowest BCUT2D eigenvalue weighted by molar-refractivity contribution is 0.0657. The molecule has 0 aromatic carbocycles. The van der Waals surface area contributed by atoms with Gasteiger partial charge in [0.1, 0.15) is 4.99 Å². The summed E-state index contributed by atoms with van der Waals surface area (Å²) in [7, 11) is 0. The molecular weight excluding hydrogens is 284 g/mol. The molecule has 0 radical (unpaired) electrons. The van der Waals surface area contributed by atoms with Gasteiger partial charge in [-0.2, -0.15) is 5.10 Å². The van der Waals surface area contributed by atoms with E-state index in [1.54, 1.807) is 0 Å². The van der Waals surface area contributed by atoms with Gasteiger partial charge in [0.2, 0.25) is 0 Å². The normalized spacial score (nSPS) is 17.5. The summed E-state index contributed by atoms with van der Waals surface area (Å²) in [4.78, 5) is 0.384. The zero-order valence-corrected chi connectivity index (χ0v) is 13.8. The highest BCUT2D eigenvalue weighted by atomic mass is 32.1. The molecule has 0 atom stereocenters. The van der Waals surface area contributed by atoms with Crippen molar-refractivity contribution in [1.82, 2.24) is 10.2 Å². The van der Waals surface area contributed by atoms with Crippen LogP contribution in [0.4, 0.5) is 5.82 Å². The molecule has 1 saturated heterocycles. The van der Waals surface area contributed by atoms with Crippen molar-refractivity contribution in [1.29, 1.82) is 0 Å². The summed E-state index contributed by atoms with van der Waals surface area (Å²) >= 11 is 5.26.